The summed E-state index contributed by atoms with van der Waals surface area (Å²) in [6, 6.07) is 17.5. The van der Waals surface area contributed by atoms with E-state index in [1.165, 1.54) is 50.1 Å². The fraction of sp³-hybridized carbons (Fsp3) is 0.280. The van der Waals surface area contributed by atoms with Gasteiger partial charge in [0.1, 0.15) is 5.75 Å². The van der Waals surface area contributed by atoms with Crippen LogP contribution >= 0.6 is 0 Å². The van der Waals surface area contributed by atoms with Gasteiger partial charge in [0.25, 0.3) is 0 Å². The molecule has 1 nitrogen and oxygen atoms in total. The van der Waals surface area contributed by atoms with Crippen LogP contribution in [0.4, 0.5) is 0 Å². The number of rotatable bonds is 0. The zero-order valence-corrected chi connectivity index (χ0v) is 16.1. The summed E-state index contributed by atoms with van der Waals surface area (Å²) in [4.78, 5) is 0. The number of fused-ring (bicyclic) bond motifs is 6. The third kappa shape index (κ3) is 1.76. The van der Waals surface area contributed by atoms with E-state index in [0.717, 1.165) is 0 Å². The fourth-order valence-corrected chi connectivity index (χ4v) is 5.06. The second kappa shape index (κ2) is 4.59. The molecular weight excluding hydrogens is 316 g/mol. The fourth-order valence-electron chi connectivity index (χ4n) is 5.06. The Hall–Kier alpha value is -2.54. The molecule has 0 unspecified atom stereocenters. The van der Waals surface area contributed by atoms with Crippen molar-refractivity contribution in [1.82, 2.24) is 0 Å². The zero-order valence-electron chi connectivity index (χ0n) is 16.1. The highest BCUT2D eigenvalue weighted by Gasteiger charge is 2.41. The molecule has 3 aromatic rings. The molecule has 0 saturated carbocycles. The molecule has 0 radical (unpaired) electrons. The van der Waals surface area contributed by atoms with Gasteiger partial charge < -0.3 is 5.11 Å². The Bertz CT molecular complexity index is 1010. The average Bonchev–Trinajstić information content (AvgIpc) is 2.93. The van der Waals surface area contributed by atoms with Gasteiger partial charge in [-0.3, -0.25) is 0 Å². The molecule has 3 aromatic carbocycles. The first-order valence-electron chi connectivity index (χ1n) is 9.35. The molecule has 0 atom stereocenters. The Balaban J connectivity index is 1.84. The van der Waals surface area contributed by atoms with Gasteiger partial charge in [0.15, 0.2) is 0 Å². The van der Waals surface area contributed by atoms with Crippen molar-refractivity contribution < 1.29 is 5.11 Å². The average molecular weight is 340 g/mol. The highest BCUT2D eigenvalue weighted by atomic mass is 16.3. The monoisotopic (exact) mass is 340 g/mol. The molecule has 5 rings (SSSR count). The van der Waals surface area contributed by atoms with Crippen molar-refractivity contribution >= 4 is 0 Å². The number of phenols is 1. The SMILES string of the molecule is Cc1ccc2c(c1)C(C)(C)c1cc3c(cc1-2)C(C)(C)c1cc(O)ccc1-3. The van der Waals surface area contributed by atoms with E-state index >= 15 is 0 Å². The first kappa shape index (κ1) is 15.7. The van der Waals surface area contributed by atoms with Crippen molar-refractivity contribution in [2.24, 2.45) is 0 Å². The Morgan fingerprint density at radius 3 is 1.62 bits per heavy atom. The molecule has 26 heavy (non-hydrogen) atoms. The minimum Gasteiger partial charge on any atom is -0.508 e. The lowest BCUT2D eigenvalue weighted by Crippen LogP contribution is -2.17. The van der Waals surface area contributed by atoms with Crippen molar-refractivity contribution in [2.75, 3.05) is 0 Å². The predicted molar refractivity (Wildman–Crippen MR) is 108 cm³/mol. The maximum atomic E-state index is 10.0. The summed E-state index contributed by atoms with van der Waals surface area (Å²) < 4.78 is 0. The van der Waals surface area contributed by atoms with Crippen LogP contribution in [0.15, 0.2) is 48.5 Å². The van der Waals surface area contributed by atoms with Gasteiger partial charge in [-0.2, -0.15) is 0 Å². The molecule has 130 valence electrons. The summed E-state index contributed by atoms with van der Waals surface area (Å²) in [6.45, 7) is 11.4. The van der Waals surface area contributed by atoms with E-state index in [9.17, 15) is 5.11 Å². The van der Waals surface area contributed by atoms with Gasteiger partial charge in [-0.15, -0.1) is 0 Å². The smallest absolute Gasteiger partial charge is 0.115 e. The van der Waals surface area contributed by atoms with E-state index < -0.39 is 0 Å². The molecule has 0 aliphatic heterocycles. The quantitative estimate of drug-likeness (QED) is 0.508. The number of benzene rings is 3. The van der Waals surface area contributed by atoms with Gasteiger partial charge in [-0.05, 0) is 75.7 Å². The van der Waals surface area contributed by atoms with Gasteiger partial charge in [0.05, 0.1) is 0 Å². The number of aromatic hydroxyl groups is 1. The normalized spacial score (nSPS) is 17.4. The maximum absolute atomic E-state index is 10.0. The summed E-state index contributed by atoms with van der Waals surface area (Å²) in [6.07, 6.45) is 0. The predicted octanol–water partition coefficient (Wildman–Crippen LogP) is 6.31. The first-order valence-corrected chi connectivity index (χ1v) is 9.35. The lowest BCUT2D eigenvalue weighted by atomic mass is 9.79. The summed E-state index contributed by atoms with van der Waals surface area (Å²) in [5.74, 6) is 0.346. The van der Waals surface area contributed by atoms with E-state index in [-0.39, 0.29) is 10.8 Å². The van der Waals surface area contributed by atoms with Crippen molar-refractivity contribution in [3.05, 3.63) is 76.3 Å². The Morgan fingerprint density at radius 1 is 0.577 bits per heavy atom. The minimum absolute atomic E-state index is 0.00946. The van der Waals surface area contributed by atoms with Crippen molar-refractivity contribution in [1.29, 1.82) is 0 Å². The topological polar surface area (TPSA) is 20.2 Å². The molecule has 1 N–H and O–H groups in total. The molecule has 0 saturated heterocycles. The largest absolute Gasteiger partial charge is 0.508 e. The van der Waals surface area contributed by atoms with Crippen LogP contribution in [0.1, 0.15) is 55.5 Å². The number of hydrogen-bond donors (Lipinski definition) is 1. The molecule has 0 amide bonds. The Kier molecular flexibility index (Phi) is 2.77. The summed E-state index contributed by atoms with van der Waals surface area (Å²) >= 11 is 0. The molecule has 2 aliphatic carbocycles. The van der Waals surface area contributed by atoms with Crippen molar-refractivity contribution in [3.63, 3.8) is 0 Å². The van der Waals surface area contributed by atoms with E-state index in [0.29, 0.717) is 5.75 Å². The third-order valence-electron chi connectivity index (χ3n) is 6.61. The summed E-state index contributed by atoms with van der Waals surface area (Å²) in [5, 5.41) is 10.0. The standard InChI is InChI=1S/C25H24O/c1-14-6-8-16-18-12-23-19(13-22(18)24(2,3)20(16)10-14)17-9-7-15(26)11-21(17)25(23,4)5/h6-13,26H,1-5H3. The third-order valence-corrected chi connectivity index (χ3v) is 6.61. The Labute approximate surface area is 155 Å². The zero-order chi connectivity index (χ0) is 18.4. The first-order chi connectivity index (χ1) is 12.2. The minimum atomic E-state index is -0.101. The molecule has 0 heterocycles. The van der Waals surface area contributed by atoms with Crippen LogP contribution < -0.4 is 0 Å². The lowest BCUT2D eigenvalue weighted by molar-refractivity contribution is 0.473. The van der Waals surface area contributed by atoms with Crippen LogP contribution in [0.5, 0.6) is 5.75 Å². The van der Waals surface area contributed by atoms with E-state index in [2.05, 4.69) is 71.0 Å². The molecule has 0 bridgehead atoms. The number of phenolic OH excluding ortho intramolecular Hbond substituents is 1. The number of hydrogen-bond acceptors (Lipinski definition) is 1. The Morgan fingerprint density at radius 2 is 1.04 bits per heavy atom. The highest BCUT2D eigenvalue weighted by molar-refractivity contribution is 5.89. The molecule has 1 heteroatoms. The summed E-state index contributed by atoms with van der Waals surface area (Å²) in [7, 11) is 0. The van der Waals surface area contributed by atoms with Crippen LogP contribution in [0, 0.1) is 6.92 Å². The van der Waals surface area contributed by atoms with Crippen LogP contribution in [0.2, 0.25) is 0 Å². The molecule has 0 fully saturated rings. The lowest BCUT2D eigenvalue weighted by Gasteiger charge is -2.24. The summed E-state index contributed by atoms with van der Waals surface area (Å²) in [5.41, 5.74) is 12.0. The molecule has 2 aliphatic rings. The van der Waals surface area contributed by atoms with Crippen LogP contribution in [-0.4, -0.2) is 5.11 Å². The van der Waals surface area contributed by atoms with Gasteiger partial charge in [0, 0.05) is 10.8 Å². The van der Waals surface area contributed by atoms with Gasteiger partial charge in [0.2, 0.25) is 0 Å². The van der Waals surface area contributed by atoms with Crippen LogP contribution in [0.3, 0.4) is 0 Å². The van der Waals surface area contributed by atoms with Gasteiger partial charge in [-0.25, -0.2) is 0 Å². The second-order valence-electron chi connectivity index (χ2n) is 8.97. The van der Waals surface area contributed by atoms with E-state index in [4.69, 9.17) is 0 Å². The second-order valence-corrected chi connectivity index (χ2v) is 8.97. The maximum Gasteiger partial charge on any atom is 0.115 e. The highest BCUT2D eigenvalue weighted by Crippen LogP contribution is 2.56. The molecule has 0 aromatic heterocycles. The van der Waals surface area contributed by atoms with Crippen LogP contribution in [0.25, 0.3) is 22.3 Å². The van der Waals surface area contributed by atoms with Gasteiger partial charge in [-0.1, -0.05) is 57.5 Å². The van der Waals surface area contributed by atoms with Crippen molar-refractivity contribution in [2.45, 2.75) is 45.4 Å². The molecule has 0 spiro atoms. The van der Waals surface area contributed by atoms with Gasteiger partial charge >= 0.3 is 0 Å². The van der Waals surface area contributed by atoms with Crippen molar-refractivity contribution in [3.8, 4) is 28.0 Å². The van der Waals surface area contributed by atoms with Crippen LogP contribution in [-0.2, 0) is 10.8 Å². The van der Waals surface area contributed by atoms with E-state index in [1.54, 1.807) is 6.07 Å². The molecular formula is C25H24O. The van der Waals surface area contributed by atoms with E-state index in [1.807, 2.05) is 6.07 Å². The number of aryl methyl sites for hydroxylation is 1.